The van der Waals surface area contributed by atoms with Crippen LogP contribution in [0.15, 0.2) is 52.1 Å². The molecule has 0 unspecified atom stereocenters. The fourth-order valence-corrected chi connectivity index (χ4v) is 2.09. The predicted molar refractivity (Wildman–Crippen MR) is 102 cm³/mol. The maximum absolute atomic E-state index is 5.29. The molecule has 0 amide bonds. The molecular weight excluding hydrogens is 389 g/mol. The van der Waals surface area contributed by atoms with Gasteiger partial charge in [-0.15, -0.1) is 24.0 Å². The quantitative estimate of drug-likeness (QED) is 0.433. The van der Waals surface area contributed by atoms with Crippen molar-refractivity contribution in [2.24, 2.45) is 4.99 Å². The topological polar surface area (TPSA) is 49.6 Å². The molecule has 0 saturated heterocycles. The first kappa shape index (κ1) is 18.5. The number of nitrogens with zero attached hydrogens (tertiary/aromatic N) is 1. The number of nitrogens with one attached hydrogen (secondary N) is 2. The molecule has 0 spiro atoms. The second kappa shape index (κ2) is 10.3. The van der Waals surface area contributed by atoms with Gasteiger partial charge in [-0.25, -0.2) is 4.99 Å². The van der Waals surface area contributed by atoms with Crippen LogP contribution < -0.4 is 10.6 Å². The second-order valence-corrected chi connectivity index (χ2v) is 4.94. The van der Waals surface area contributed by atoms with Crippen LogP contribution in [0.1, 0.15) is 23.8 Å². The van der Waals surface area contributed by atoms with Gasteiger partial charge in [0.2, 0.25) is 0 Å². The molecule has 22 heavy (non-hydrogen) atoms. The average molecular weight is 413 g/mol. The predicted octanol–water partition coefficient (Wildman–Crippen LogP) is 3.50. The van der Waals surface area contributed by atoms with Gasteiger partial charge in [-0.3, -0.25) is 0 Å². The number of hydrogen-bond acceptors (Lipinski definition) is 2. The Hall–Kier alpha value is -1.50. The van der Waals surface area contributed by atoms with Gasteiger partial charge in [-0.1, -0.05) is 29.8 Å². The lowest BCUT2D eigenvalue weighted by Crippen LogP contribution is -2.38. The van der Waals surface area contributed by atoms with Gasteiger partial charge in [-0.05, 0) is 38.0 Å². The van der Waals surface area contributed by atoms with Crippen LogP contribution in [0.3, 0.4) is 0 Å². The first-order chi connectivity index (χ1) is 10.3. The van der Waals surface area contributed by atoms with E-state index in [4.69, 9.17) is 4.42 Å². The van der Waals surface area contributed by atoms with Crippen molar-refractivity contribution in [2.75, 3.05) is 13.1 Å². The molecule has 0 aliphatic rings. The van der Waals surface area contributed by atoms with Gasteiger partial charge >= 0.3 is 0 Å². The van der Waals surface area contributed by atoms with Crippen LogP contribution in [0.5, 0.6) is 0 Å². The summed E-state index contributed by atoms with van der Waals surface area (Å²) in [7, 11) is 0. The molecule has 0 bridgehead atoms. The number of benzene rings is 1. The SMILES string of the molecule is CCNC(=NCc1ccco1)NCCc1cccc(C)c1.I. The lowest BCUT2D eigenvalue weighted by atomic mass is 10.1. The number of hydrogen-bond donors (Lipinski definition) is 2. The Bertz CT molecular complexity index is 567. The molecular formula is C17H24IN3O. The Morgan fingerprint density at radius 1 is 1.18 bits per heavy atom. The maximum Gasteiger partial charge on any atom is 0.191 e. The fourth-order valence-electron chi connectivity index (χ4n) is 2.09. The molecule has 120 valence electrons. The summed E-state index contributed by atoms with van der Waals surface area (Å²) < 4.78 is 5.29. The van der Waals surface area contributed by atoms with E-state index >= 15 is 0 Å². The van der Waals surface area contributed by atoms with Crippen LogP contribution in [-0.4, -0.2) is 19.0 Å². The van der Waals surface area contributed by atoms with Crippen molar-refractivity contribution in [3.63, 3.8) is 0 Å². The summed E-state index contributed by atoms with van der Waals surface area (Å²) in [6, 6.07) is 12.4. The Kier molecular flexibility index (Phi) is 8.65. The third-order valence-electron chi connectivity index (χ3n) is 3.11. The molecule has 0 saturated carbocycles. The van der Waals surface area contributed by atoms with Gasteiger partial charge in [0.1, 0.15) is 12.3 Å². The van der Waals surface area contributed by atoms with Gasteiger partial charge in [0.25, 0.3) is 0 Å². The Labute approximate surface area is 149 Å². The van der Waals surface area contributed by atoms with Gasteiger partial charge in [0.05, 0.1) is 6.26 Å². The molecule has 0 aliphatic heterocycles. The van der Waals surface area contributed by atoms with Crippen molar-refractivity contribution >= 4 is 29.9 Å². The zero-order chi connectivity index (χ0) is 14.9. The molecule has 0 aliphatic carbocycles. The monoisotopic (exact) mass is 413 g/mol. The molecule has 4 nitrogen and oxygen atoms in total. The molecule has 1 heterocycles. The van der Waals surface area contributed by atoms with Gasteiger partial charge < -0.3 is 15.1 Å². The molecule has 0 atom stereocenters. The highest BCUT2D eigenvalue weighted by Crippen LogP contribution is 2.04. The van der Waals surface area contributed by atoms with E-state index in [1.165, 1.54) is 11.1 Å². The number of furan rings is 1. The first-order valence-electron chi connectivity index (χ1n) is 7.38. The van der Waals surface area contributed by atoms with Crippen LogP contribution in [-0.2, 0) is 13.0 Å². The molecule has 1 aromatic heterocycles. The minimum absolute atomic E-state index is 0. The lowest BCUT2D eigenvalue weighted by Gasteiger charge is -2.11. The lowest BCUT2D eigenvalue weighted by molar-refractivity contribution is 0.512. The zero-order valence-corrected chi connectivity index (χ0v) is 15.5. The molecule has 1 aromatic carbocycles. The standard InChI is InChI=1S/C17H23N3O.HI/c1-3-18-17(20-13-16-8-5-11-21-16)19-10-9-15-7-4-6-14(2)12-15;/h4-8,11-12H,3,9-10,13H2,1-2H3,(H2,18,19,20);1H. The van der Waals surface area contributed by atoms with E-state index in [-0.39, 0.29) is 24.0 Å². The molecule has 2 N–H and O–H groups in total. The number of halogens is 1. The fraction of sp³-hybridized carbons (Fsp3) is 0.353. The Balaban J connectivity index is 0.00000242. The van der Waals surface area contributed by atoms with Crippen LogP contribution in [0.2, 0.25) is 0 Å². The van der Waals surface area contributed by atoms with Crippen LogP contribution >= 0.6 is 24.0 Å². The highest BCUT2D eigenvalue weighted by molar-refractivity contribution is 14.0. The highest BCUT2D eigenvalue weighted by Gasteiger charge is 1.99. The van der Waals surface area contributed by atoms with Crippen molar-refractivity contribution in [3.8, 4) is 0 Å². The third kappa shape index (κ3) is 6.51. The summed E-state index contributed by atoms with van der Waals surface area (Å²) in [4.78, 5) is 4.51. The van der Waals surface area contributed by atoms with Gasteiger partial charge in [0.15, 0.2) is 5.96 Å². The summed E-state index contributed by atoms with van der Waals surface area (Å²) >= 11 is 0. The molecule has 0 fully saturated rings. The van der Waals surface area contributed by atoms with Gasteiger partial charge in [-0.2, -0.15) is 0 Å². The van der Waals surface area contributed by atoms with Crippen LogP contribution in [0, 0.1) is 6.92 Å². The first-order valence-corrected chi connectivity index (χ1v) is 7.38. The summed E-state index contributed by atoms with van der Waals surface area (Å²) in [5.74, 6) is 1.69. The Morgan fingerprint density at radius 2 is 2.05 bits per heavy atom. The van der Waals surface area contributed by atoms with E-state index in [9.17, 15) is 0 Å². The van der Waals surface area contributed by atoms with E-state index in [1.54, 1.807) is 6.26 Å². The minimum atomic E-state index is 0. The minimum Gasteiger partial charge on any atom is -0.467 e. The normalized spacial score (nSPS) is 10.9. The zero-order valence-electron chi connectivity index (χ0n) is 13.1. The number of guanidine groups is 1. The number of aryl methyl sites for hydroxylation is 1. The average Bonchev–Trinajstić information content (AvgIpc) is 2.98. The summed E-state index contributed by atoms with van der Waals surface area (Å²) in [6.07, 6.45) is 2.65. The largest absolute Gasteiger partial charge is 0.467 e. The van der Waals surface area contributed by atoms with E-state index in [0.29, 0.717) is 6.54 Å². The molecule has 2 aromatic rings. The van der Waals surface area contributed by atoms with E-state index < -0.39 is 0 Å². The maximum atomic E-state index is 5.29. The third-order valence-corrected chi connectivity index (χ3v) is 3.11. The number of aliphatic imine (C=N–C) groups is 1. The summed E-state index contributed by atoms with van der Waals surface area (Å²) in [6.45, 7) is 6.42. The van der Waals surface area contributed by atoms with Crippen LogP contribution in [0.25, 0.3) is 0 Å². The molecule has 2 rings (SSSR count). The Morgan fingerprint density at radius 3 is 2.73 bits per heavy atom. The number of rotatable bonds is 6. The van der Waals surface area contributed by atoms with Crippen molar-refractivity contribution in [3.05, 3.63) is 59.5 Å². The second-order valence-electron chi connectivity index (χ2n) is 4.94. The van der Waals surface area contributed by atoms with Gasteiger partial charge in [0, 0.05) is 13.1 Å². The van der Waals surface area contributed by atoms with Crippen molar-refractivity contribution in [1.82, 2.24) is 10.6 Å². The van der Waals surface area contributed by atoms with E-state index in [1.807, 2.05) is 12.1 Å². The summed E-state index contributed by atoms with van der Waals surface area (Å²) in [5.41, 5.74) is 2.63. The van der Waals surface area contributed by atoms with Crippen molar-refractivity contribution in [1.29, 1.82) is 0 Å². The van der Waals surface area contributed by atoms with E-state index in [0.717, 1.165) is 31.2 Å². The van der Waals surface area contributed by atoms with Crippen molar-refractivity contribution < 1.29 is 4.42 Å². The van der Waals surface area contributed by atoms with Crippen LogP contribution in [0.4, 0.5) is 0 Å². The van der Waals surface area contributed by atoms with E-state index in [2.05, 4.69) is 53.7 Å². The summed E-state index contributed by atoms with van der Waals surface area (Å²) in [5, 5.41) is 6.59. The smallest absolute Gasteiger partial charge is 0.191 e. The van der Waals surface area contributed by atoms with Crippen molar-refractivity contribution in [2.45, 2.75) is 26.8 Å². The highest BCUT2D eigenvalue weighted by atomic mass is 127. The molecule has 5 heteroatoms. The molecule has 0 radical (unpaired) electrons.